The highest BCUT2D eigenvalue weighted by Crippen LogP contribution is 2.51. The van der Waals surface area contributed by atoms with Gasteiger partial charge in [-0.25, -0.2) is 4.39 Å². The van der Waals surface area contributed by atoms with Gasteiger partial charge in [0.15, 0.2) is 0 Å². The lowest BCUT2D eigenvalue weighted by molar-refractivity contribution is -0.137. The van der Waals surface area contributed by atoms with Gasteiger partial charge in [0.25, 0.3) is 0 Å². The van der Waals surface area contributed by atoms with Gasteiger partial charge < -0.3 is 14.6 Å². The Labute approximate surface area is 218 Å². The molecule has 194 valence electrons. The lowest BCUT2D eigenvalue weighted by atomic mass is 9.75. The number of benzene rings is 3. The summed E-state index contributed by atoms with van der Waals surface area (Å²) in [6, 6.07) is 17.2. The number of aryl methyl sites for hydroxylation is 1. The molecule has 0 amide bonds. The molecule has 1 unspecified atom stereocenters. The van der Waals surface area contributed by atoms with Crippen molar-refractivity contribution < 1.29 is 23.8 Å². The zero-order valence-electron chi connectivity index (χ0n) is 21.9. The number of ether oxygens (including phenoxy) is 2. The summed E-state index contributed by atoms with van der Waals surface area (Å²) in [5.74, 6) is 0.740. The summed E-state index contributed by atoms with van der Waals surface area (Å²) in [6.07, 6.45) is 5.31. The van der Waals surface area contributed by atoms with Gasteiger partial charge in [0, 0.05) is 5.56 Å². The third-order valence-electron chi connectivity index (χ3n) is 8.36. The molecule has 1 N–H and O–H groups in total. The van der Waals surface area contributed by atoms with Crippen molar-refractivity contribution in [3.63, 3.8) is 0 Å². The molecule has 2 atom stereocenters. The Balaban J connectivity index is 1.44. The molecule has 5 heteroatoms. The second-order valence-electron chi connectivity index (χ2n) is 11.2. The minimum absolute atomic E-state index is 0.0456. The van der Waals surface area contributed by atoms with Crippen LogP contribution in [0.25, 0.3) is 11.1 Å². The van der Waals surface area contributed by atoms with E-state index in [1.54, 1.807) is 19.2 Å². The first kappa shape index (κ1) is 25.3. The van der Waals surface area contributed by atoms with Crippen molar-refractivity contribution in [1.82, 2.24) is 0 Å². The van der Waals surface area contributed by atoms with Gasteiger partial charge in [-0.05, 0) is 101 Å². The van der Waals surface area contributed by atoms with E-state index in [-0.39, 0.29) is 23.6 Å². The second-order valence-corrected chi connectivity index (χ2v) is 11.2. The third-order valence-corrected chi connectivity index (χ3v) is 8.36. The highest BCUT2D eigenvalue weighted by Gasteiger charge is 2.37. The number of hydrogen-bond acceptors (Lipinski definition) is 3. The van der Waals surface area contributed by atoms with E-state index in [1.165, 1.54) is 11.6 Å². The van der Waals surface area contributed by atoms with E-state index in [1.807, 2.05) is 24.3 Å². The molecule has 3 aromatic carbocycles. The minimum atomic E-state index is -0.765. The Kier molecular flexibility index (Phi) is 6.98. The average molecular weight is 503 g/mol. The Hall–Kier alpha value is -3.34. The highest BCUT2D eigenvalue weighted by molar-refractivity contribution is 5.71. The number of hydrogen-bond donors (Lipinski definition) is 1. The fourth-order valence-corrected chi connectivity index (χ4v) is 6.32. The smallest absolute Gasteiger partial charge is 0.303 e. The first-order valence-electron chi connectivity index (χ1n) is 13.2. The van der Waals surface area contributed by atoms with Crippen LogP contribution in [0.1, 0.15) is 80.0 Å². The maximum Gasteiger partial charge on any atom is 0.303 e. The molecule has 0 saturated heterocycles. The van der Waals surface area contributed by atoms with E-state index in [0.29, 0.717) is 23.8 Å². The standard InChI is InChI=1S/C32H35FO4/c1-32(2)14-4-5-29(32)27-15-20(6-12-25(27)28-17-23(36-3)11-13-30(28)33)19-37-24-10-9-21-7-8-22(16-31(34)35)26(21)18-24/h6,9-13,15,17-18,22,29H,4-5,7-8,14,16,19H2,1-3H3,(H,34,35)/t22?,29-/m0/s1. The molecule has 5 rings (SSSR count). The molecule has 3 aromatic rings. The molecule has 37 heavy (non-hydrogen) atoms. The van der Waals surface area contributed by atoms with Crippen LogP contribution in [0, 0.1) is 11.2 Å². The van der Waals surface area contributed by atoms with E-state index in [2.05, 4.69) is 26.0 Å². The number of halogens is 1. The average Bonchev–Trinajstić information content (AvgIpc) is 3.44. The van der Waals surface area contributed by atoms with Crippen molar-refractivity contribution >= 4 is 5.97 Å². The van der Waals surface area contributed by atoms with Crippen molar-refractivity contribution in [2.75, 3.05) is 7.11 Å². The number of carbonyl (C=O) groups is 1. The van der Waals surface area contributed by atoms with Crippen LogP contribution in [-0.2, 0) is 17.8 Å². The van der Waals surface area contributed by atoms with Crippen molar-refractivity contribution in [2.45, 2.75) is 70.8 Å². The highest BCUT2D eigenvalue weighted by atomic mass is 19.1. The number of rotatable bonds is 8. The first-order chi connectivity index (χ1) is 17.7. The van der Waals surface area contributed by atoms with Gasteiger partial charge in [0.05, 0.1) is 13.5 Å². The fourth-order valence-electron chi connectivity index (χ4n) is 6.32. The van der Waals surface area contributed by atoms with Crippen LogP contribution in [-0.4, -0.2) is 18.2 Å². The summed E-state index contributed by atoms with van der Waals surface area (Å²) >= 11 is 0. The third kappa shape index (κ3) is 5.22. The van der Waals surface area contributed by atoms with Gasteiger partial charge in [0.2, 0.25) is 0 Å². The normalized spacial score (nSPS) is 20.0. The molecule has 0 radical (unpaired) electrons. The van der Waals surface area contributed by atoms with Crippen molar-refractivity contribution in [3.8, 4) is 22.6 Å². The van der Waals surface area contributed by atoms with Gasteiger partial charge in [0.1, 0.15) is 23.9 Å². The van der Waals surface area contributed by atoms with Gasteiger partial charge in [-0.1, -0.05) is 44.5 Å². The van der Waals surface area contributed by atoms with Crippen LogP contribution in [0.15, 0.2) is 54.6 Å². The number of carboxylic acid groups (broad SMARTS) is 1. The molecular formula is C32H35FO4. The van der Waals surface area contributed by atoms with Gasteiger partial charge in [-0.15, -0.1) is 0 Å². The zero-order valence-corrected chi connectivity index (χ0v) is 21.9. The van der Waals surface area contributed by atoms with Crippen molar-refractivity contribution in [3.05, 3.63) is 82.7 Å². The second kappa shape index (κ2) is 10.2. The van der Waals surface area contributed by atoms with E-state index >= 15 is 4.39 Å². The molecule has 0 spiro atoms. The maximum absolute atomic E-state index is 15.0. The summed E-state index contributed by atoms with van der Waals surface area (Å²) in [6.45, 7) is 5.00. The molecule has 0 aromatic heterocycles. The van der Waals surface area contributed by atoms with Crippen LogP contribution in [0.5, 0.6) is 11.5 Å². The monoisotopic (exact) mass is 502 g/mol. The van der Waals surface area contributed by atoms with Crippen molar-refractivity contribution in [1.29, 1.82) is 0 Å². The van der Waals surface area contributed by atoms with E-state index < -0.39 is 5.97 Å². The Morgan fingerprint density at radius 1 is 1.00 bits per heavy atom. The quantitative estimate of drug-likeness (QED) is 0.340. The van der Waals surface area contributed by atoms with Crippen LogP contribution >= 0.6 is 0 Å². The zero-order chi connectivity index (χ0) is 26.2. The maximum atomic E-state index is 15.0. The Bertz CT molecular complexity index is 1310. The molecule has 0 bridgehead atoms. The lowest BCUT2D eigenvalue weighted by Crippen LogP contribution is -2.17. The van der Waals surface area contributed by atoms with E-state index in [9.17, 15) is 9.90 Å². The predicted octanol–water partition coefficient (Wildman–Crippen LogP) is 7.88. The van der Waals surface area contributed by atoms with E-state index in [4.69, 9.17) is 9.47 Å². The summed E-state index contributed by atoms with van der Waals surface area (Å²) < 4.78 is 26.6. The number of carboxylic acids is 1. The van der Waals surface area contributed by atoms with Crippen LogP contribution in [0.2, 0.25) is 0 Å². The molecule has 1 saturated carbocycles. The fraction of sp³-hybridized carbons (Fsp3) is 0.406. The molecule has 1 fully saturated rings. The lowest BCUT2D eigenvalue weighted by Gasteiger charge is -2.30. The SMILES string of the molecule is COc1ccc(F)c(-c2ccc(COc3ccc4c(c3)C(CC(=O)O)CC4)cc2[C@@H]2CCCC2(C)C)c1. The van der Waals surface area contributed by atoms with Crippen LogP contribution < -0.4 is 9.47 Å². The van der Waals surface area contributed by atoms with E-state index in [0.717, 1.165) is 60.1 Å². The summed E-state index contributed by atoms with van der Waals surface area (Å²) in [5.41, 5.74) is 6.11. The largest absolute Gasteiger partial charge is 0.497 e. The summed E-state index contributed by atoms with van der Waals surface area (Å²) in [5, 5.41) is 9.26. The first-order valence-corrected chi connectivity index (χ1v) is 13.2. The molecule has 4 nitrogen and oxygen atoms in total. The van der Waals surface area contributed by atoms with Crippen LogP contribution in [0.3, 0.4) is 0 Å². The topological polar surface area (TPSA) is 55.8 Å². The van der Waals surface area contributed by atoms with Gasteiger partial charge >= 0.3 is 5.97 Å². The molecule has 2 aliphatic rings. The number of methoxy groups -OCH3 is 1. The Morgan fingerprint density at radius 2 is 1.81 bits per heavy atom. The molecule has 0 aliphatic heterocycles. The molecule has 0 heterocycles. The van der Waals surface area contributed by atoms with Gasteiger partial charge in [-0.3, -0.25) is 4.79 Å². The van der Waals surface area contributed by atoms with Gasteiger partial charge in [-0.2, -0.15) is 0 Å². The summed E-state index contributed by atoms with van der Waals surface area (Å²) in [7, 11) is 1.60. The number of aliphatic carboxylic acids is 1. The summed E-state index contributed by atoms with van der Waals surface area (Å²) in [4.78, 5) is 11.3. The molecule has 2 aliphatic carbocycles. The number of fused-ring (bicyclic) bond motifs is 1. The molecular weight excluding hydrogens is 467 g/mol. The Morgan fingerprint density at radius 3 is 2.54 bits per heavy atom. The van der Waals surface area contributed by atoms with Crippen molar-refractivity contribution in [2.24, 2.45) is 5.41 Å². The minimum Gasteiger partial charge on any atom is -0.497 e. The van der Waals surface area contributed by atoms with Crippen LogP contribution in [0.4, 0.5) is 4.39 Å². The predicted molar refractivity (Wildman–Crippen MR) is 143 cm³/mol.